The number of hydrogen-bond donors (Lipinski definition) is 4. The molecule has 3 rings (SSSR count). The summed E-state index contributed by atoms with van der Waals surface area (Å²) in [5.41, 5.74) is 1.17. The SMILES string of the molecule is COC(=O)c1c(O)cc(O)cc1-c1ccc(-c2cc(O)cc(O)c2C(=O)OC)cc1. The number of carbonyl (C=O) groups excluding carboxylic acids is 2. The fourth-order valence-electron chi connectivity index (χ4n) is 3.14. The van der Waals surface area contributed by atoms with E-state index in [0.717, 1.165) is 12.1 Å². The van der Waals surface area contributed by atoms with Gasteiger partial charge in [0.05, 0.1) is 14.2 Å². The summed E-state index contributed by atoms with van der Waals surface area (Å²) >= 11 is 0. The molecule has 0 aromatic heterocycles. The van der Waals surface area contributed by atoms with Gasteiger partial charge < -0.3 is 29.9 Å². The molecule has 0 heterocycles. The maximum Gasteiger partial charge on any atom is 0.342 e. The van der Waals surface area contributed by atoms with Crippen LogP contribution in [0.15, 0.2) is 48.5 Å². The lowest BCUT2D eigenvalue weighted by Gasteiger charge is -2.13. The minimum absolute atomic E-state index is 0.117. The molecule has 8 heteroatoms. The fraction of sp³-hybridized carbons (Fsp3) is 0.0909. The molecule has 0 radical (unpaired) electrons. The zero-order valence-corrected chi connectivity index (χ0v) is 16.0. The van der Waals surface area contributed by atoms with Crippen LogP contribution in [0.2, 0.25) is 0 Å². The molecule has 4 N–H and O–H groups in total. The Kier molecular flexibility index (Phi) is 5.50. The van der Waals surface area contributed by atoms with Gasteiger partial charge in [0, 0.05) is 23.3 Å². The van der Waals surface area contributed by atoms with Crippen molar-refractivity contribution >= 4 is 11.9 Å². The first-order chi connectivity index (χ1) is 14.3. The van der Waals surface area contributed by atoms with Gasteiger partial charge in [0.25, 0.3) is 0 Å². The monoisotopic (exact) mass is 410 g/mol. The predicted octanol–water partition coefficient (Wildman–Crippen LogP) is 3.42. The molecule has 0 atom stereocenters. The molecule has 8 nitrogen and oxygen atoms in total. The molecule has 0 spiro atoms. The van der Waals surface area contributed by atoms with Crippen LogP contribution in [0.3, 0.4) is 0 Å². The van der Waals surface area contributed by atoms with Crippen molar-refractivity contribution in [2.75, 3.05) is 14.2 Å². The lowest BCUT2D eigenvalue weighted by molar-refractivity contribution is 0.0589. The third-order valence-corrected chi connectivity index (χ3v) is 4.49. The van der Waals surface area contributed by atoms with Crippen molar-refractivity contribution in [2.24, 2.45) is 0 Å². The number of hydrogen-bond acceptors (Lipinski definition) is 8. The van der Waals surface area contributed by atoms with Crippen molar-refractivity contribution < 1.29 is 39.5 Å². The topological polar surface area (TPSA) is 134 Å². The van der Waals surface area contributed by atoms with Gasteiger partial charge >= 0.3 is 11.9 Å². The van der Waals surface area contributed by atoms with Crippen molar-refractivity contribution in [1.29, 1.82) is 0 Å². The van der Waals surface area contributed by atoms with E-state index in [2.05, 4.69) is 0 Å². The molecule has 0 saturated carbocycles. The highest BCUT2D eigenvalue weighted by Gasteiger charge is 2.22. The van der Waals surface area contributed by atoms with Gasteiger partial charge in [-0.15, -0.1) is 0 Å². The smallest absolute Gasteiger partial charge is 0.342 e. The highest BCUT2D eigenvalue weighted by Crippen LogP contribution is 2.38. The number of ether oxygens (including phenoxy) is 2. The van der Waals surface area contributed by atoms with Crippen LogP contribution in [0.1, 0.15) is 20.7 Å². The summed E-state index contributed by atoms with van der Waals surface area (Å²) < 4.78 is 9.41. The minimum Gasteiger partial charge on any atom is -0.508 e. The van der Waals surface area contributed by atoms with Crippen LogP contribution >= 0.6 is 0 Å². The van der Waals surface area contributed by atoms with E-state index in [1.54, 1.807) is 24.3 Å². The van der Waals surface area contributed by atoms with E-state index >= 15 is 0 Å². The number of rotatable bonds is 4. The summed E-state index contributed by atoms with van der Waals surface area (Å²) in [4.78, 5) is 24.2. The van der Waals surface area contributed by atoms with Gasteiger partial charge in [-0.1, -0.05) is 24.3 Å². The Bertz CT molecular complexity index is 1040. The summed E-state index contributed by atoms with van der Waals surface area (Å²) in [6.45, 7) is 0. The lowest BCUT2D eigenvalue weighted by Crippen LogP contribution is -2.05. The number of phenolic OH excluding ortho intramolecular Hbond substituents is 4. The van der Waals surface area contributed by atoms with Crippen LogP contribution < -0.4 is 0 Å². The van der Waals surface area contributed by atoms with E-state index in [1.807, 2.05) is 0 Å². The van der Waals surface area contributed by atoms with Gasteiger partial charge in [0.15, 0.2) is 0 Å². The maximum absolute atomic E-state index is 12.1. The molecular weight excluding hydrogens is 392 g/mol. The second-order valence-electron chi connectivity index (χ2n) is 6.34. The van der Waals surface area contributed by atoms with E-state index in [9.17, 15) is 30.0 Å². The first-order valence-electron chi connectivity index (χ1n) is 8.66. The van der Waals surface area contributed by atoms with E-state index in [0.29, 0.717) is 11.1 Å². The van der Waals surface area contributed by atoms with Crippen LogP contribution in [0.4, 0.5) is 0 Å². The van der Waals surface area contributed by atoms with Crippen LogP contribution in [0.5, 0.6) is 23.0 Å². The number of aromatic hydroxyl groups is 4. The molecule has 0 aliphatic rings. The lowest BCUT2D eigenvalue weighted by atomic mass is 9.94. The van der Waals surface area contributed by atoms with E-state index < -0.39 is 23.4 Å². The van der Waals surface area contributed by atoms with E-state index in [1.165, 1.54) is 26.4 Å². The summed E-state index contributed by atoms with van der Waals surface area (Å²) in [5.74, 6) is -2.93. The number of phenols is 4. The number of methoxy groups -OCH3 is 2. The Morgan fingerprint density at radius 3 is 1.27 bits per heavy atom. The number of esters is 2. The van der Waals surface area contributed by atoms with Gasteiger partial charge in [0.1, 0.15) is 34.1 Å². The van der Waals surface area contributed by atoms with Crippen LogP contribution in [0.25, 0.3) is 22.3 Å². The van der Waals surface area contributed by atoms with Crippen molar-refractivity contribution in [3.8, 4) is 45.3 Å². The third kappa shape index (κ3) is 3.70. The van der Waals surface area contributed by atoms with Gasteiger partial charge in [-0.05, 0) is 23.3 Å². The zero-order chi connectivity index (χ0) is 22.0. The van der Waals surface area contributed by atoms with Crippen LogP contribution in [-0.4, -0.2) is 46.6 Å². The highest BCUT2D eigenvalue weighted by molar-refractivity contribution is 6.02. The first kappa shape index (κ1) is 20.5. The van der Waals surface area contributed by atoms with Gasteiger partial charge in [0.2, 0.25) is 0 Å². The summed E-state index contributed by atoms with van der Waals surface area (Å²) in [5, 5.41) is 39.8. The molecular formula is C22H18O8. The zero-order valence-electron chi connectivity index (χ0n) is 16.0. The average molecular weight is 410 g/mol. The van der Waals surface area contributed by atoms with E-state index in [-0.39, 0.29) is 33.8 Å². The van der Waals surface area contributed by atoms with Gasteiger partial charge in [-0.2, -0.15) is 0 Å². The quantitative estimate of drug-likeness (QED) is 0.481. The third-order valence-electron chi connectivity index (χ3n) is 4.49. The molecule has 30 heavy (non-hydrogen) atoms. The molecule has 0 amide bonds. The second kappa shape index (κ2) is 8.04. The van der Waals surface area contributed by atoms with E-state index in [4.69, 9.17) is 9.47 Å². The van der Waals surface area contributed by atoms with Crippen molar-refractivity contribution in [2.45, 2.75) is 0 Å². The first-order valence-corrected chi connectivity index (χ1v) is 8.66. The average Bonchev–Trinajstić information content (AvgIpc) is 2.71. The molecule has 0 unspecified atom stereocenters. The Labute approximate surface area is 171 Å². The molecule has 0 aliphatic heterocycles. The summed E-state index contributed by atoms with van der Waals surface area (Å²) in [6, 6.07) is 11.0. The number of benzene rings is 3. The molecule has 154 valence electrons. The minimum atomic E-state index is -0.780. The van der Waals surface area contributed by atoms with Crippen molar-refractivity contribution in [1.82, 2.24) is 0 Å². The van der Waals surface area contributed by atoms with Crippen molar-refractivity contribution in [3.05, 3.63) is 59.7 Å². The normalized spacial score (nSPS) is 10.5. The molecule has 0 bridgehead atoms. The molecule has 0 fully saturated rings. The fourth-order valence-corrected chi connectivity index (χ4v) is 3.14. The summed E-state index contributed by atoms with van der Waals surface area (Å²) in [6.07, 6.45) is 0. The standard InChI is InChI=1S/C22H18O8/c1-29-21(27)19-15(7-13(23)9-17(19)25)11-3-5-12(6-4-11)16-8-14(24)10-18(26)20(16)22(28)30-2/h3-10,23-26H,1-2H3. The Morgan fingerprint density at radius 2 is 0.967 bits per heavy atom. The Hall–Kier alpha value is -4.20. The molecule has 0 aliphatic carbocycles. The van der Waals surface area contributed by atoms with Crippen LogP contribution in [0, 0.1) is 0 Å². The van der Waals surface area contributed by atoms with Crippen LogP contribution in [-0.2, 0) is 9.47 Å². The highest BCUT2D eigenvalue weighted by atomic mass is 16.5. The molecule has 3 aromatic carbocycles. The Morgan fingerprint density at radius 1 is 0.633 bits per heavy atom. The summed E-state index contributed by atoms with van der Waals surface area (Å²) in [7, 11) is 2.34. The number of carbonyl (C=O) groups is 2. The van der Waals surface area contributed by atoms with Gasteiger partial charge in [-0.25, -0.2) is 9.59 Å². The van der Waals surface area contributed by atoms with Crippen molar-refractivity contribution in [3.63, 3.8) is 0 Å². The second-order valence-corrected chi connectivity index (χ2v) is 6.34. The van der Waals surface area contributed by atoms with Gasteiger partial charge in [-0.3, -0.25) is 0 Å². The molecule has 0 saturated heterocycles. The largest absolute Gasteiger partial charge is 0.508 e. The maximum atomic E-state index is 12.1. The Balaban J connectivity index is 2.15. The predicted molar refractivity (Wildman–Crippen MR) is 107 cm³/mol. The molecule has 3 aromatic rings.